The van der Waals surface area contributed by atoms with Gasteiger partial charge in [-0.1, -0.05) is 146 Å². The highest BCUT2D eigenvalue weighted by Crippen LogP contribution is 2.43. The lowest BCUT2D eigenvalue weighted by molar-refractivity contribution is 1.17. The van der Waals surface area contributed by atoms with Crippen molar-refractivity contribution in [3.8, 4) is 51.0 Å². The van der Waals surface area contributed by atoms with Gasteiger partial charge in [-0.2, -0.15) is 0 Å². The van der Waals surface area contributed by atoms with E-state index in [1.165, 1.54) is 54.4 Å². The van der Waals surface area contributed by atoms with E-state index < -0.39 is 0 Å². The second-order valence-corrected chi connectivity index (χ2v) is 16.2. The van der Waals surface area contributed by atoms with Crippen LogP contribution in [0.25, 0.3) is 116 Å². The highest BCUT2D eigenvalue weighted by Gasteiger charge is 2.22. The summed E-state index contributed by atoms with van der Waals surface area (Å²) in [4.78, 5) is 10.1. The molecule has 0 aliphatic rings. The van der Waals surface area contributed by atoms with Crippen molar-refractivity contribution >= 4 is 65.4 Å². The van der Waals surface area contributed by atoms with E-state index in [-0.39, 0.29) is 0 Å². The largest absolute Gasteiger partial charge is 0.309 e. The molecular weight excluding hydrogens is 767 g/mol. The van der Waals surface area contributed by atoms with Crippen molar-refractivity contribution in [1.29, 1.82) is 0 Å². The van der Waals surface area contributed by atoms with Gasteiger partial charge in [0.1, 0.15) is 0 Å². The quantitative estimate of drug-likeness (QED) is 0.168. The molecular formula is C58H37N5. The summed E-state index contributed by atoms with van der Waals surface area (Å²) in [5.74, 6) is 0.707. The van der Waals surface area contributed by atoms with E-state index in [4.69, 9.17) is 9.97 Å². The molecule has 0 radical (unpaired) electrons. The Morgan fingerprint density at radius 1 is 0.238 bits per heavy atom. The zero-order valence-corrected chi connectivity index (χ0v) is 34.1. The van der Waals surface area contributed by atoms with E-state index in [0.717, 1.165) is 56.2 Å². The maximum absolute atomic E-state index is 5.12. The summed E-state index contributed by atoms with van der Waals surface area (Å²) in [6, 6.07) is 80.3. The molecule has 0 N–H and O–H groups in total. The Morgan fingerprint density at radius 3 is 1.03 bits per heavy atom. The standard InChI is InChI=1S/C58H37N5/c1-5-17-38(18-6-1)50-37-51(60-58(59-50)40-19-7-2-8-20-40)39-29-31-43(32-30-39)62-53-28-16-14-26-45(53)47-34-57-49(36-55(47)62)48-35-54-46(33-56(48)63(57)42-23-11-4-12-24-42)44-25-13-15-27-52(44)61(54)41-21-9-3-10-22-41/h1-37H. The summed E-state index contributed by atoms with van der Waals surface area (Å²) in [6.07, 6.45) is 0. The lowest BCUT2D eigenvalue weighted by Gasteiger charge is -2.12. The first-order valence-electron chi connectivity index (χ1n) is 21.4. The average Bonchev–Trinajstić information content (AvgIpc) is 3.98. The highest BCUT2D eigenvalue weighted by molar-refractivity contribution is 6.22. The fourth-order valence-electron chi connectivity index (χ4n) is 9.78. The van der Waals surface area contributed by atoms with Crippen molar-refractivity contribution in [2.75, 3.05) is 0 Å². The van der Waals surface area contributed by atoms with Gasteiger partial charge in [0, 0.05) is 66.1 Å². The van der Waals surface area contributed by atoms with Gasteiger partial charge in [0.2, 0.25) is 0 Å². The maximum atomic E-state index is 5.12. The van der Waals surface area contributed by atoms with Gasteiger partial charge >= 0.3 is 0 Å². The first kappa shape index (κ1) is 35.2. The molecule has 63 heavy (non-hydrogen) atoms. The molecule has 0 saturated heterocycles. The van der Waals surface area contributed by atoms with Gasteiger partial charge in [0.15, 0.2) is 5.82 Å². The van der Waals surface area contributed by atoms with Crippen LogP contribution in [0.4, 0.5) is 0 Å². The highest BCUT2D eigenvalue weighted by atomic mass is 15.0. The van der Waals surface area contributed by atoms with Crippen LogP contribution in [0, 0.1) is 0 Å². The minimum absolute atomic E-state index is 0.707. The van der Waals surface area contributed by atoms with Crippen molar-refractivity contribution in [3.05, 3.63) is 224 Å². The second kappa shape index (κ2) is 14.0. The molecule has 0 spiro atoms. The Hall–Kier alpha value is -8.54. The summed E-state index contributed by atoms with van der Waals surface area (Å²) in [5.41, 5.74) is 15.3. The van der Waals surface area contributed by atoms with Crippen LogP contribution in [0.3, 0.4) is 0 Å². The molecule has 0 unspecified atom stereocenters. The summed E-state index contributed by atoms with van der Waals surface area (Å²) < 4.78 is 7.29. The van der Waals surface area contributed by atoms with Crippen LogP contribution in [0.5, 0.6) is 0 Å². The van der Waals surface area contributed by atoms with Gasteiger partial charge in [0.25, 0.3) is 0 Å². The van der Waals surface area contributed by atoms with Crippen molar-refractivity contribution in [2.24, 2.45) is 0 Å². The predicted octanol–water partition coefficient (Wildman–Crippen LogP) is 14.8. The number of hydrogen-bond acceptors (Lipinski definition) is 2. The maximum Gasteiger partial charge on any atom is 0.160 e. The first-order valence-corrected chi connectivity index (χ1v) is 21.4. The van der Waals surface area contributed by atoms with Crippen molar-refractivity contribution in [2.45, 2.75) is 0 Å². The SMILES string of the molecule is c1ccc(-c2cc(-c3ccc(-n4c5ccccc5c5cc6c(cc54)c4cc5c(cc4n6-c4ccccc4)c4ccccc4n5-c4ccccc4)cc3)nc(-c3ccccc3)n2)cc1. The van der Waals surface area contributed by atoms with Gasteiger partial charge in [-0.15, -0.1) is 0 Å². The van der Waals surface area contributed by atoms with Crippen LogP contribution in [-0.2, 0) is 0 Å². The van der Waals surface area contributed by atoms with Gasteiger partial charge in [-0.05, 0) is 78.9 Å². The molecule has 5 heteroatoms. The number of benzene rings is 9. The lowest BCUT2D eigenvalue weighted by atomic mass is 10.1. The van der Waals surface area contributed by atoms with E-state index in [0.29, 0.717) is 5.82 Å². The third kappa shape index (κ3) is 5.57. The van der Waals surface area contributed by atoms with Gasteiger partial charge in [0.05, 0.1) is 44.5 Å². The van der Waals surface area contributed by atoms with Gasteiger partial charge in [-0.3, -0.25) is 0 Å². The number of nitrogens with zero attached hydrogens (tertiary/aromatic N) is 5. The monoisotopic (exact) mass is 803 g/mol. The summed E-state index contributed by atoms with van der Waals surface area (Å²) in [6.45, 7) is 0. The minimum atomic E-state index is 0.707. The van der Waals surface area contributed by atoms with Crippen LogP contribution in [0.1, 0.15) is 0 Å². The third-order valence-corrected chi connectivity index (χ3v) is 12.6. The number of hydrogen-bond donors (Lipinski definition) is 0. The Morgan fingerprint density at radius 2 is 0.571 bits per heavy atom. The molecule has 13 aromatic rings. The number of rotatable bonds is 6. The predicted molar refractivity (Wildman–Crippen MR) is 261 cm³/mol. The molecule has 13 rings (SSSR count). The van der Waals surface area contributed by atoms with Crippen LogP contribution in [-0.4, -0.2) is 23.7 Å². The minimum Gasteiger partial charge on any atom is -0.309 e. The molecule has 9 aromatic carbocycles. The van der Waals surface area contributed by atoms with E-state index in [1.807, 2.05) is 24.3 Å². The molecule has 5 nitrogen and oxygen atoms in total. The van der Waals surface area contributed by atoms with Crippen molar-refractivity contribution in [3.63, 3.8) is 0 Å². The molecule has 0 aliphatic heterocycles. The summed E-state index contributed by atoms with van der Waals surface area (Å²) >= 11 is 0. The topological polar surface area (TPSA) is 40.6 Å². The summed E-state index contributed by atoms with van der Waals surface area (Å²) in [7, 11) is 0. The van der Waals surface area contributed by atoms with Gasteiger partial charge in [-0.25, -0.2) is 9.97 Å². The fraction of sp³-hybridized carbons (Fsp3) is 0. The lowest BCUT2D eigenvalue weighted by Crippen LogP contribution is -1.97. The van der Waals surface area contributed by atoms with E-state index >= 15 is 0 Å². The van der Waals surface area contributed by atoms with E-state index in [2.05, 4.69) is 214 Å². The number of para-hydroxylation sites is 4. The Kier molecular flexibility index (Phi) is 7.84. The van der Waals surface area contributed by atoms with Gasteiger partial charge < -0.3 is 13.7 Å². The molecule has 0 fully saturated rings. The molecule has 0 saturated carbocycles. The van der Waals surface area contributed by atoms with Crippen molar-refractivity contribution < 1.29 is 0 Å². The smallest absolute Gasteiger partial charge is 0.160 e. The number of aromatic nitrogens is 5. The van der Waals surface area contributed by atoms with Crippen LogP contribution >= 0.6 is 0 Å². The second-order valence-electron chi connectivity index (χ2n) is 16.2. The van der Waals surface area contributed by atoms with E-state index in [1.54, 1.807) is 0 Å². The van der Waals surface area contributed by atoms with Crippen molar-refractivity contribution in [1.82, 2.24) is 23.7 Å². The third-order valence-electron chi connectivity index (χ3n) is 12.6. The molecule has 294 valence electrons. The average molecular weight is 804 g/mol. The molecule has 0 aliphatic carbocycles. The Bertz CT molecular complexity index is 3810. The Balaban J connectivity index is 1.04. The summed E-state index contributed by atoms with van der Waals surface area (Å²) in [5, 5.41) is 7.31. The molecule has 0 atom stereocenters. The molecule has 4 aromatic heterocycles. The Labute approximate surface area is 363 Å². The van der Waals surface area contributed by atoms with Crippen LogP contribution in [0.15, 0.2) is 224 Å². The normalized spacial score (nSPS) is 11.8. The molecule has 0 amide bonds. The zero-order chi connectivity index (χ0) is 41.4. The van der Waals surface area contributed by atoms with Crippen LogP contribution < -0.4 is 0 Å². The number of fused-ring (bicyclic) bond motifs is 9. The zero-order valence-electron chi connectivity index (χ0n) is 34.1. The van der Waals surface area contributed by atoms with E-state index in [9.17, 15) is 0 Å². The van der Waals surface area contributed by atoms with Crippen LogP contribution in [0.2, 0.25) is 0 Å². The molecule has 4 heterocycles. The molecule has 0 bridgehead atoms. The first-order chi connectivity index (χ1) is 31.2. The fourth-order valence-corrected chi connectivity index (χ4v) is 9.78.